The highest BCUT2D eigenvalue weighted by Gasteiger charge is 2.15. The number of carbonyl (C=O) groups excluding carboxylic acids is 1. The van der Waals surface area contributed by atoms with Crippen LogP contribution in [0.15, 0.2) is 35.5 Å². The van der Waals surface area contributed by atoms with Crippen LogP contribution in [-0.2, 0) is 0 Å². The van der Waals surface area contributed by atoms with Crippen LogP contribution in [0.4, 0.5) is 0 Å². The molecule has 5 nitrogen and oxygen atoms in total. The second-order valence-electron chi connectivity index (χ2n) is 3.77. The molecule has 0 saturated carbocycles. The van der Waals surface area contributed by atoms with Crippen LogP contribution >= 0.6 is 11.8 Å². The normalized spacial score (nSPS) is 12.1. The van der Waals surface area contributed by atoms with Gasteiger partial charge in [-0.1, -0.05) is 12.1 Å². The Morgan fingerprint density at radius 2 is 2.22 bits per heavy atom. The van der Waals surface area contributed by atoms with Crippen molar-refractivity contribution in [3.63, 3.8) is 0 Å². The summed E-state index contributed by atoms with van der Waals surface area (Å²) in [5, 5.41) is 9.39. The number of nitrogens with one attached hydrogen (secondary N) is 2. The van der Waals surface area contributed by atoms with E-state index < -0.39 is 0 Å². The Morgan fingerprint density at radius 3 is 2.89 bits per heavy atom. The number of carbonyl (C=O) groups is 1. The average Bonchev–Trinajstić information content (AvgIpc) is 2.92. The zero-order chi connectivity index (χ0) is 13.0. The fourth-order valence-corrected chi connectivity index (χ4v) is 2.19. The minimum absolute atomic E-state index is 0.108. The lowest BCUT2D eigenvalue weighted by atomic mass is 10.2. The fraction of sp³-hybridized carbons (Fsp3) is 0.250. The molecule has 6 heteroatoms. The van der Waals surface area contributed by atoms with Crippen LogP contribution in [0.1, 0.15) is 29.1 Å². The fourth-order valence-electron chi connectivity index (χ4n) is 1.60. The Hall–Kier alpha value is -1.82. The zero-order valence-corrected chi connectivity index (χ0v) is 11.0. The third-order valence-electron chi connectivity index (χ3n) is 2.54. The number of rotatable bonds is 4. The molecule has 2 N–H and O–H groups in total. The molecular formula is C12H14N4OS. The largest absolute Gasteiger partial charge is 0.342 e. The van der Waals surface area contributed by atoms with Gasteiger partial charge >= 0.3 is 0 Å². The van der Waals surface area contributed by atoms with Gasteiger partial charge in [-0.3, -0.25) is 9.89 Å². The molecule has 0 bridgehead atoms. The van der Waals surface area contributed by atoms with Crippen molar-refractivity contribution in [3.05, 3.63) is 42.0 Å². The predicted molar refractivity (Wildman–Crippen MR) is 70.5 cm³/mol. The molecule has 1 amide bonds. The lowest BCUT2D eigenvalue weighted by Crippen LogP contribution is -2.27. The number of hydrogen-bond donors (Lipinski definition) is 2. The molecule has 0 aliphatic heterocycles. The van der Waals surface area contributed by atoms with Gasteiger partial charge < -0.3 is 5.32 Å². The molecule has 2 rings (SSSR count). The molecule has 1 atom stereocenters. The molecule has 0 aliphatic rings. The molecule has 18 heavy (non-hydrogen) atoms. The number of hydrogen-bond acceptors (Lipinski definition) is 4. The topological polar surface area (TPSA) is 70.7 Å². The molecule has 0 radical (unpaired) electrons. The van der Waals surface area contributed by atoms with Crippen LogP contribution in [0.25, 0.3) is 0 Å². The molecule has 1 aromatic heterocycles. The second kappa shape index (κ2) is 5.68. The highest BCUT2D eigenvalue weighted by Crippen LogP contribution is 2.20. The van der Waals surface area contributed by atoms with E-state index in [9.17, 15) is 4.79 Å². The van der Waals surface area contributed by atoms with E-state index in [2.05, 4.69) is 20.5 Å². The van der Waals surface area contributed by atoms with Crippen LogP contribution < -0.4 is 5.32 Å². The van der Waals surface area contributed by atoms with Gasteiger partial charge in [0.15, 0.2) is 0 Å². The SMILES string of the molecule is CSc1ccccc1C(=O)NC(C)c1ncn[nH]1. The monoisotopic (exact) mass is 262 g/mol. The third-order valence-corrected chi connectivity index (χ3v) is 3.34. The van der Waals surface area contributed by atoms with Crippen molar-refractivity contribution in [2.45, 2.75) is 17.9 Å². The van der Waals surface area contributed by atoms with E-state index in [1.807, 2.05) is 37.4 Å². The summed E-state index contributed by atoms with van der Waals surface area (Å²) < 4.78 is 0. The van der Waals surface area contributed by atoms with Crippen LogP contribution in [0.2, 0.25) is 0 Å². The van der Waals surface area contributed by atoms with Crippen molar-refractivity contribution in [2.24, 2.45) is 0 Å². The van der Waals surface area contributed by atoms with E-state index in [1.165, 1.54) is 6.33 Å². The van der Waals surface area contributed by atoms with Gasteiger partial charge in [-0.15, -0.1) is 11.8 Å². The van der Waals surface area contributed by atoms with Crippen molar-refractivity contribution in [1.82, 2.24) is 20.5 Å². The summed E-state index contributed by atoms with van der Waals surface area (Å²) >= 11 is 1.55. The number of thioether (sulfide) groups is 1. The smallest absolute Gasteiger partial charge is 0.252 e. The Labute approximate surface area is 109 Å². The van der Waals surface area contributed by atoms with Crippen molar-refractivity contribution in [3.8, 4) is 0 Å². The minimum atomic E-state index is -0.199. The van der Waals surface area contributed by atoms with Crippen molar-refractivity contribution in [2.75, 3.05) is 6.26 Å². The van der Waals surface area contributed by atoms with Crippen LogP contribution in [-0.4, -0.2) is 27.3 Å². The van der Waals surface area contributed by atoms with Gasteiger partial charge in [-0.25, -0.2) is 4.98 Å². The van der Waals surface area contributed by atoms with Gasteiger partial charge in [0, 0.05) is 4.90 Å². The first-order valence-corrected chi connectivity index (χ1v) is 6.74. The lowest BCUT2D eigenvalue weighted by molar-refractivity contribution is 0.0935. The second-order valence-corrected chi connectivity index (χ2v) is 4.61. The van der Waals surface area contributed by atoms with E-state index in [0.29, 0.717) is 11.4 Å². The molecule has 1 unspecified atom stereocenters. The van der Waals surface area contributed by atoms with E-state index in [1.54, 1.807) is 11.8 Å². The Bertz CT molecular complexity index is 527. The highest BCUT2D eigenvalue weighted by atomic mass is 32.2. The molecular weight excluding hydrogens is 248 g/mol. The maximum absolute atomic E-state index is 12.1. The molecule has 2 aromatic rings. The molecule has 0 fully saturated rings. The maximum Gasteiger partial charge on any atom is 0.252 e. The van der Waals surface area contributed by atoms with Crippen molar-refractivity contribution in [1.29, 1.82) is 0 Å². The first kappa shape index (κ1) is 12.6. The van der Waals surface area contributed by atoms with Gasteiger partial charge in [0.2, 0.25) is 0 Å². The summed E-state index contributed by atoms with van der Waals surface area (Å²) in [6.07, 6.45) is 3.37. The third kappa shape index (κ3) is 2.70. The van der Waals surface area contributed by atoms with Gasteiger partial charge in [0.1, 0.15) is 12.2 Å². The zero-order valence-electron chi connectivity index (χ0n) is 10.2. The number of amides is 1. The Kier molecular flexibility index (Phi) is 3.99. The number of aromatic amines is 1. The Morgan fingerprint density at radius 1 is 1.44 bits per heavy atom. The minimum Gasteiger partial charge on any atom is -0.342 e. The lowest BCUT2D eigenvalue weighted by Gasteiger charge is -2.12. The van der Waals surface area contributed by atoms with Gasteiger partial charge in [-0.05, 0) is 25.3 Å². The van der Waals surface area contributed by atoms with Gasteiger partial charge in [0.05, 0.1) is 11.6 Å². The van der Waals surface area contributed by atoms with Gasteiger partial charge in [-0.2, -0.15) is 5.10 Å². The number of nitrogens with zero attached hydrogens (tertiary/aromatic N) is 2. The summed E-state index contributed by atoms with van der Waals surface area (Å²) in [7, 11) is 0. The molecule has 94 valence electrons. The molecule has 0 aliphatic carbocycles. The molecule has 1 heterocycles. The van der Waals surface area contributed by atoms with Gasteiger partial charge in [0.25, 0.3) is 5.91 Å². The average molecular weight is 262 g/mol. The summed E-state index contributed by atoms with van der Waals surface area (Å²) in [5.41, 5.74) is 0.677. The Balaban J connectivity index is 2.12. The quantitative estimate of drug-likeness (QED) is 0.827. The predicted octanol–water partition coefficient (Wildman–Crippen LogP) is 2.02. The van der Waals surface area contributed by atoms with E-state index in [-0.39, 0.29) is 11.9 Å². The van der Waals surface area contributed by atoms with Crippen LogP contribution in [0, 0.1) is 0 Å². The standard InChI is InChI=1S/C12H14N4OS/c1-8(11-13-7-14-16-11)15-12(17)9-5-3-4-6-10(9)18-2/h3-8H,1-2H3,(H,15,17)(H,13,14,16). The molecule has 1 aromatic carbocycles. The van der Waals surface area contributed by atoms with E-state index in [4.69, 9.17) is 0 Å². The summed E-state index contributed by atoms with van der Waals surface area (Å²) in [6.45, 7) is 1.86. The first-order chi connectivity index (χ1) is 8.72. The first-order valence-electron chi connectivity index (χ1n) is 5.51. The maximum atomic E-state index is 12.1. The summed E-state index contributed by atoms with van der Waals surface area (Å²) in [4.78, 5) is 17.1. The molecule has 0 saturated heterocycles. The molecule has 0 spiro atoms. The summed E-state index contributed by atoms with van der Waals surface area (Å²) in [6, 6.07) is 7.32. The van der Waals surface area contributed by atoms with E-state index >= 15 is 0 Å². The summed E-state index contributed by atoms with van der Waals surface area (Å²) in [5.74, 6) is 0.536. The number of aromatic nitrogens is 3. The van der Waals surface area contributed by atoms with Crippen LogP contribution in [0.3, 0.4) is 0 Å². The van der Waals surface area contributed by atoms with Crippen molar-refractivity contribution >= 4 is 17.7 Å². The highest BCUT2D eigenvalue weighted by molar-refractivity contribution is 7.98. The van der Waals surface area contributed by atoms with Crippen LogP contribution in [0.5, 0.6) is 0 Å². The number of benzene rings is 1. The number of H-pyrrole nitrogens is 1. The van der Waals surface area contributed by atoms with Crippen molar-refractivity contribution < 1.29 is 4.79 Å². The van der Waals surface area contributed by atoms with E-state index in [0.717, 1.165) is 4.90 Å².